The van der Waals surface area contributed by atoms with Gasteiger partial charge in [-0.1, -0.05) is 19.0 Å². The number of benzene rings is 1. The molecule has 0 spiro atoms. The molecular weight excluding hydrogens is 350 g/mol. The summed E-state index contributed by atoms with van der Waals surface area (Å²) in [5, 5.41) is 6.36. The Hall–Kier alpha value is -3.03. The average Bonchev–Trinajstić information content (AvgIpc) is 3.04. The number of rotatable bonds is 8. The van der Waals surface area contributed by atoms with Gasteiger partial charge in [-0.3, -0.25) is 9.59 Å². The van der Waals surface area contributed by atoms with Crippen LogP contribution in [0.15, 0.2) is 28.8 Å². The molecule has 27 heavy (non-hydrogen) atoms. The van der Waals surface area contributed by atoms with Gasteiger partial charge in [-0.05, 0) is 25.0 Å². The second kappa shape index (κ2) is 9.07. The predicted octanol–water partition coefficient (Wildman–Crippen LogP) is 2.74. The number of nitrogens with zero attached hydrogens (tertiary/aromatic N) is 2. The third-order valence-electron chi connectivity index (χ3n) is 3.74. The van der Waals surface area contributed by atoms with Crippen molar-refractivity contribution in [1.82, 2.24) is 10.1 Å². The van der Waals surface area contributed by atoms with Crippen molar-refractivity contribution in [1.29, 1.82) is 0 Å². The van der Waals surface area contributed by atoms with Crippen molar-refractivity contribution in [2.24, 2.45) is 5.92 Å². The smallest absolute Gasteiger partial charge is 0.258 e. The molecule has 0 saturated carbocycles. The monoisotopic (exact) mass is 375 g/mol. The van der Waals surface area contributed by atoms with E-state index in [2.05, 4.69) is 10.5 Å². The minimum Gasteiger partial charge on any atom is -0.497 e. The fraction of sp³-hybridized carbons (Fsp3) is 0.421. The van der Waals surface area contributed by atoms with E-state index in [0.717, 1.165) is 0 Å². The quantitative estimate of drug-likeness (QED) is 0.762. The standard InChI is InChI=1S/C19H25N3O5/c1-12(2)10-22(11-18(23)20-17-8-13(3)27-21-17)19(24)15-7-6-14(25-4)9-16(15)26-5/h6-9,12H,10-11H2,1-5H3,(H,20,21,23). The van der Waals surface area contributed by atoms with Crippen LogP contribution in [0.5, 0.6) is 11.5 Å². The number of methoxy groups -OCH3 is 2. The van der Waals surface area contributed by atoms with E-state index < -0.39 is 0 Å². The molecule has 0 radical (unpaired) electrons. The van der Waals surface area contributed by atoms with Gasteiger partial charge in [-0.25, -0.2) is 0 Å². The molecule has 2 rings (SSSR count). The number of aryl methyl sites for hydroxylation is 1. The summed E-state index contributed by atoms with van der Waals surface area (Å²) in [5.74, 6) is 1.40. The summed E-state index contributed by atoms with van der Waals surface area (Å²) in [6.45, 7) is 5.99. The van der Waals surface area contributed by atoms with Gasteiger partial charge < -0.3 is 24.2 Å². The molecule has 0 fully saturated rings. The number of hydrogen-bond donors (Lipinski definition) is 1. The van der Waals surface area contributed by atoms with Gasteiger partial charge in [-0.15, -0.1) is 0 Å². The number of ether oxygens (including phenoxy) is 2. The number of nitrogens with one attached hydrogen (secondary N) is 1. The molecule has 8 nitrogen and oxygen atoms in total. The van der Waals surface area contributed by atoms with Gasteiger partial charge in [0.1, 0.15) is 23.8 Å². The lowest BCUT2D eigenvalue weighted by Gasteiger charge is -2.24. The predicted molar refractivity (Wildman–Crippen MR) is 100 cm³/mol. The van der Waals surface area contributed by atoms with Gasteiger partial charge in [0.05, 0.1) is 19.8 Å². The van der Waals surface area contributed by atoms with Crippen LogP contribution in [0.2, 0.25) is 0 Å². The fourth-order valence-corrected chi connectivity index (χ4v) is 2.59. The zero-order valence-corrected chi connectivity index (χ0v) is 16.2. The number of carbonyl (C=O) groups is 2. The highest BCUT2D eigenvalue weighted by Crippen LogP contribution is 2.26. The summed E-state index contributed by atoms with van der Waals surface area (Å²) in [7, 11) is 3.02. The number of aromatic nitrogens is 1. The van der Waals surface area contributed by atoms with Gasteiger partial charge >= 0.3 is 0 Å². The highest BCUT2D eigenvalue weighted by atomic mass is 16.5. The van der Waals surface area contributed by atoms with Crippen LogP contribution in [0.1, 0.15) is 30.0 Å². The molecule has 0 atom stereocenters. The van der Waals surface area contributed by atoms with E-state index in [1.54, 1.807) is 31.2 Å². The molecule has 0 aliphatic carbocycles. The third kappa shape index (κ3) is 5.47. The summed E-state index contributed by atoms with van der Waals surface area (Å²) in [4.78, 5) is 26.9. The van der Waals surface area contributed by atoms with E-state index in [1.165, 1.54) is 19.1 Å². The lowest BCUT2D eigenvalue weighted by atomic mass is 10.1. The maximum Gasteiger partial charge on any atom is 0.258 e. The van der Waals surface area contributed by atoms with Crippen LogP contribution in [-0.2, 0) is 4.79 Å². The van der Waals surface area contributed by atoms with Gasteiger partial charge in [-0.2, -0.15) is 0 Å². The lowest BCUT2D eigenvalue weighted by Crippen LogP contribution is -2.40. The minimum atomic E-state index is -0.357. The van der Waals surface area contributed by atoms with Crippen LogP contribution in [0.25, 0.3) is 0 Å². The summed E-state index contributed by atoms with van der Waals surface area (Å²) >= 11 is 0. The van der Waals surface area contributed by atoms with Gasteiger partial charge in [0.2, 0.25) is 5.91 Å². The third-order valence-corrected chi connectivity index (χ3v) is 3.74. The van der Waals surface area contributed by atoms with Gasteiger partial charge in [0, 0.05) is 18.7 Å². The first-order valence-electron chi connectivity index (χ1n) is 8.58. The fourth-order valence-electron chi connectivity index (χ4n) is 2.59. The van der Waals surface area contributed by atoms with Crippen molar-refractivity contribution >= 4 is 17.6 Å². The van der Waals surface area contributed by atoms with Crippen LogP contribution in [0.3, 0.4) is 0 Å². The largest absolute Gasteiger partial charge is 0.497 e. The molecule has 1 aromatic heterocycles. The maximum atomic E-state index is 13.0. The van der Waals surface area contributed by atoms with Crippen molar-refractivity contribution in [3.05, 3.63) is 35.6 Å². The van der Waals surface area contributed by atoms with Crippen molar-refractivity contribution in [2.75, 3.05) is 32.6 Å². The van der Waals surface area contributed by atoms with Crippen LogP contribution >= 0.6 is 0 Å². The highest BCUT2D eigenvalue weighted by molar-refractivity contribution is 6.00. The molecule has 8 heteroatoms. The Labute approximate surface area is 158 Å². The van der Waals surface area contributed by atoms with Crippen molar-refractivity contribution < 1.29 is 23.6 Å². The van der Waals surface area contributed by atoms with E-state index >= 15 is 0 Å². The van der Waals surface area contributed by atoms with E-state index in [0.29, 0.717) is 35.2 Å². The Kier molecular flexibility index (Phi) is 6.81. The van der Waals surface area contributed by atoms with Crippen molar-refractivity contribution in [3.8, 4) is 11.5 Å². The number of anilines is 1. The summed E-state index contributed by atoms with van der Waals surface area (Å²) in [5.41, 5.74) is 0.365. The number of amides is 2. The first kappa shape index (κ1) is 20.3. The minimum absolute atomic E-state index is 0.113. The summed E-state index contributed by atoms with van der Waals surface area (Å²) in [6, 6.07) is 6.56. The second-order valence-corrected chi connectivity index (χ2v) is 6.52. The van der Waals surface area contributed by atoms with Crippen LogP contribution in [0, 0.1) is 12.8 Å². The normalized spacial score (nSPS) is 10.6. The molecular formula is C19H25N3O5. The molecule has 1 heterocycles. The first-order valence-corrected chi connectivity index (χ1v) is 8.58. The Morgan fingerprint density at radius 3 is 2.52 bits per heavy atom. The summed E-state index contributed by atoms with van der Waals surface area (Å²) in [6.07, 6.45) is 0. The number of hydrogen-bond acceptors (Lipinski definition) is 6. The van der Waals surface area contributed by atoms with Gasteiger partial charge in [0.15, 0.2) is 5.82 Å². The Morgan fingerprint density at radius 1 is 1.22 bits per heavy atom. The van der Waals surface area contributed by atoms with Crippen LogP contribution < -0.4 is 14.8 Å². The molecule has 2 amide bonds. The van der Waals surface area contributed by atoms with E-state index in [-0.39, 0.29) is 24.3 Å². The highest BCUT2D eigenvalue weighted by Gasteiger charge is 2.23. The molecule has 1 N–H and O–H groups in total. The van der Waals surface area contributed by atoms with E-state index in [4.69, 9.17) is 14.0 Å². The molecule has 0 saturated heterocycles. The van der Waals surface area contributed by atoms with Crippen molar-refractivity contribution in [2.45, 2.75) is 20.8 Å². The van der Waals surface area contributed by atoms with E-state index in [1.807, 2.05) is 13.8 Å². The van der Waals surface area contributed by atoms with Crippen LogP contribution in [0.4, 0.5) is 5.82 Å². The maximum absolute atomic E-state index is 13.0. The zero-order valence-electron chi connectivity index (χ0n) is 16.2. The Balaban J connectivity index is 2.19. The average molecular weight is 375 g/mol. The summed E-state index contributed by atoms with van der Waals surface area (Å²) < 4.78 is 15.4. The Bertz CT molecular complexity index is 800. The van der Waals surface area contributed by atoms with Crippen LogP contribution in [-0.4, -0.2) is 49.2 Å². The topological polar surface area (TPSA) is 93.9 Å². The SMILES string of the molecule is COc1ccc(C(=O)N(CC(=O)Nc2cc(C)on2)CC(C)C)c(OC)c1. The lowest BCUT2D eigenvalue weighted by molar-refractivity contribution is -0.117. The van der Waals surface area contributed by atoms with Crippen molar-refractivity contribution in [3.63, 3.8) is 0 Å². The Morgan fingerprint density at radius 2 is 1.96 bits per heavy atom. The number of carbonyl (C=O) groups excluding carboxylic acids is 2. The molecule has 0 unspecified atom stereocenters. The zero-order chi connectivity index (χ0) is 20.0. The second-order valence-electron chi connectivity index (χ2n) is 6.52. The molecule has 0 aliphatic rings. The molecule has 0 bridgehead atoms. The molecule has 146 valence electrons. The van der Waals surface area contributed by atoms with Gasteiger partial charge in [0.25, 0.3) is 5.91 Å². The molecule has 0 aliphatic heterocycles. The molecule has 1 aromatic carbocycles. The molecule has 2 aromatic rings. The van der Waals surface area contributed by atoms with E-state index in [9.17, 15) is 9.59 Å². The first-order chi connectivity index (χ1) is 12.8.